The van der Waals surface area contributed by atoms with Crippen LogP contribution in [0, 0.1) is 0 Å². The maximum Gasteiger partial charge on any atom is 0.228 e. The number of carbonyl (C=O) groups is 1. The molecule has 0 aromatic heterocycles. The Hall–Kier alpha value is -0.960. The molecule has 1 aromatic carbocycles. The second-order valence-electron chi connectivity index (χ2n) is 3.39. The fraction of sp³-hybridized carbons (Fsp3) is 0.364. The second-order valence-corrected chi connectivity index (χ2v) is 4.56. The van der Waals surface area contributed by atoms with E-state index in [9.17, 15) is 4.79 Å². The monoisotopic (exact) mass is 207 g/mol. The molecule has 1 aliphatic rings. The molecule has 2 rings (SSSR count). The van der Waals surface area contributed by atoms with Gasteiger partial charge >= 0.3 is 0 Å². The van der Waals surface area contributed by atoms with Gasteiger partial charge in [-0.1, -0.05) is 13.0 Å². The lowest BCUT2D eigenvalue weighted by Crippen LogP contribution is -2.03. The van der Waals surface area contributed by atoms with E-state index in [-0.39, 0.29) is 5.91 Å². The van der Waals surface area contributed by atoms with Crippen LogP contribution in [0.15, 0.2) is 23.1 Å². The van der Waals surface area contributed by atoms with Gasteiger partial charge in [0.05, 0.1) is 6.42 Å². The minimum Gasteiger partial charge on any atom is -0.325 e. The number of benzene rings is 1. The Morgan fingerprint density at radius 1 is 1.50 bits per heavy atom. The Morgan fingerprint density at radius 2 is 2.36 bits per heavy atom. The third-order valence-corrected chi connectivity index (χ3v) is 3.38. The van der Waals surface area contributed by atoms with Crippen LogP contribution in [-0.2, 0) is 11.2 Å². The molecule has 0 spiro atoms. The van der Waals surface area contributed by atoms with Gasteiger partial charge < -0.3 is 5.32 Å². The van der Waals surface area contributed by atoms with Crippen LogP contribution >= 0.6 is 11.8 Å². The van der Waals surface area contributed by atoms with E-state index in [1.165, 1.54) is 11.3 Å². The highest BCUT2D eigenvalue weighted by Crippen LogP contribution is 2.28. The zero-order chi connectivity index (χ0) is 9.97. The van der Waals surface area contributed by atoms with E-state index in [1.54, 1.807) is 0 Å². The first-order valence-electron chi connectivity index (χ1n) is 4.85. The number of hydrogen-bond acceptors (Lipinski definition) is 2. The first kappa shape index (κ1) is 9.59. The summed E-state index contributed by atoms with van der Waals surface area (Å²) in [5, 5.41) is 2.86. The molecular formula is C11H13NOS. The maximum absolute atomic E-state index is 11.1. The van der Waals surface area contributed by atoms with Crippen LogP contribution in [0.5, 0.6) is 0 Å². The van der Waals surface area contributed by atoms with E-state index in [2.05, 4.69) is 24.4 Å². The summed E-state index contributed by atoms with van der Waals surface area (Å²) in [5.74, 6) is 1.24. The third kappa shape index (κ3) is 1.93. The lowest BCUT2D eigenvalue weighted by Gasteiger charge is -2.02. The molecule has 2 nitrogen and oxygen atoms in total. The van der Waals surface area contributed by atoms with Gasteiger partial charge in [-0.15, -0.1) is 11.8 Å². The van der Waals surface area contributed by atoms with Crippen molar-refractivity contribution in [1.29, 1.82) is 0 Å². The van der Waals surface area contributed by atoms with E-state index in [1.807, 2.05) is 17.8 Å². The van der Waals surface area contributed by atoms with Crippen molar-refractivity contribution in [2.75, 3.05) is 11.1 Å². The predicted octanol–water partition coefficient (Wildman–Crippen LogP) is 2.68. The van der Waals surface area contributed by atoms with Crippen LogP contribution in [0.2, 0.25) is 0 Å². The zero-order valence-electron chi connectivity index (χ0n) is 8.17. The predicted molar refractivity (Wildman–Crippen MR) is 59.8 cm³/mol. The Morgan fingerprint density at radius 3 is 3.14 bits per heavy atom. The van der Waals surface area contributed by atoms with Crippen LogP contribution in [0.1, 0.15) is 18.9 Å². The minimum absolute atomic E-state index is 0.109. The van der Waals surface area contributed by atoms with Gasteiger partial charge in [0.1, 0.15) is 0 Å². The van der Waals surface area contributed by atoms with Crippen molar-refractivity contribution in [3.8, 4) is 0 Å². The molecule has 1 N–H and O–H groups in total. The summed E-state index contributed by atoms with van der Waals surface area (Å²) < 4.78 is 0. The van der Waals surface area contributed by atoms with Gasteiger partial charge in [0, 0.05) is 10.6 Å². The van der Waals surface area contributed by atoms with Crippen molar-refractivity contribution < 1.29 is 4.79 Å². The molecule has 3 heteroatoms. The van der Waals surface area contributed by atoms with Gasteiger partial charge in [-0.05, 0) is 29.9 Å². The summed E-state index contributed by atoms with van der Waals surface area (Å²) in [4.78, 5) is 12.4. The van der Waals surface area contributed by atoms with Gasteiger partial charge in [-0.2, -0.15) is 0 Å². The summed E-state index contributed by atoms with van der Waals surface area (Å²) in [6.45, 7) is 2.17. The quantitative estimate of drug-likeness (QED) is 0.772. The maximum atomic E-state index is 11.1. The van der Waals surface area contributed by atoms with E-state index in [0.717, 1.165) is 17.0 Å². The molecule has 0 fully saturated rings. The summed E-state index contributed by atoms with van der Waals surface area (Å²) in [6.07, 6.45) is 1.71. The molecule has 0 bridgehead atoms. The number of thioether (sulfide) groups is 1. The van der Waals surface area contributed by atoms with Crippen LogP contribution in [0.25, 0.3) is 0 Å². The number of amides is 1. The summed E-state index contributed by atoms with van der Waals surface area (Å²) in [7, 11) is 0. The van der Waals surface area contributed by atoms with E-state index in [0.29, 0.717) is 6.42 Å². The molecule has 1 heterocycles. The molecule has 0 radical (unpaired) electrons. The van der Waals surface area contributed by atoms with Gasteiger partial charge in [0.25, 0.3) is 0 Å². The first-order chi connectivity index (χ1) is 6.79. The number of hydrogen-bond donors (Lipinski definition) is 1. The molecule has 0 saturated heterocycles. The average molecular weight is 207 g/mol. The Balaban J connectivity index is 2.16. The highest BCUT2D eigenvalue weighted by Gasteiger charge is 2.17. The Kier molecular flexibility index (Phi) is 2.77. The summed E-state index contributed by atoms with van der Waals surface area (Å²) >= 11 is 1.84. The van der Waals surface area contributed by atoms with Crippen molar-refractivity contribution in [1.82, 2.24) is 0 Å². The summed E-state index contributed by atoms with van der Waals surface area (Å²) in [5.41, 5.74) is 2.12. The van der Waals surface area contributed by atoms with Crippen LogP contribution in [0.4, 0.5) is 5.69 Å². The normalized spacial score (nSPS) is 13.9. The molecule has 74 valence electrons. The Bertz CT molecular complexity index is 362. The SMILES string of the molecule is CCCSc1ccc2c(c1)NC(=O)C2. The third-order valence-electron chi connectivity index (χ3n) is 2.18. The van der Waals surface area contributed by atoms with Crippen LogP contribution in [-0.4, -0.2) is 11.7 Å². The minimum atomic E-state index is 0.109. The highest BCUT2D eigenvalue weighted by molar-refractivity contribution is 7.99. The fourth-order valence-electron chi connectivity index (χ4n) is 1.50. The van der Waals surface area contributed by atoms with Gasteiger partial charge in [-0.3, -0.25) is 4.79 Å². The molecule has 14 heavy (non-hydrogen) atoms. The molecule has 0 saturated carbocycles. The smallest absolute Gasteiger partial charge is 0.228 e. The topological polar surface area (TPSA) is 29.1 Å². The van der Waals surface area contributed by atoms with Crippen molar-refractivity contribution in [2.45, 2.75) is 24.7 Å². The lowest BCUT2D eigenvalue weighted by molar-refractivity contribution is -0.115. The van der Waals surface area contributed by atoms with Crippen LogP contribution in [0.3, 0.4) is 0 Å². The van der Waals surface area contributed by atoms with Crippen molar-refractivity contribution >= 4 is 23.4 Å². The molecule has 1 aromatic rings. The first-order valence-corrected chi connectivity index (χ1v) is 5.83. The van der Waals surface area contributed by atoms with Gasteiger partial charge in [0.2, 0.25) is 5.91 Å². The molecule has 1 aliphatic heterocycles. The number of anilines is 1. The Labute approximate surface area is 88.1 Å². The van der Waals surface area contributed by atoms with Crippen molar-refractivity contribution in [3.63, 3.8) is 0 Å². The molecular weight excluding hydrogens is 194 g/mol. The number of carbonyl (C=O) groups excluding carboxylic acids is 1. The fourth-order valence-corrected chi connectivity index (χ4v) is 2.31. The largest absolute Gasteiger partial charge is 0.325 e. The van der Waals surface area contributed by atoms with E-state index >= 15 is 0 Å². The molecule has 0 unspecified atom stereocenters. The molecule has 0 aliphatic carbocycles. The number of fused-ring (bicyclic) bond motifs is 1. The number of rotatable bonds is 3. The molecule has 0 atom stereocenters. The van der Waals surface area contributed by atoms with E-state index in [4.69, 9.17) is 0 Å². The van der Waals surface area contributed by atoms with Crippen molar-refractivity contribution in [3.05, 3.63) is 23.8 Å². The van der Waals surface area contributed by atoms with Gasteiger partial charge in [-0.25, -0.2) is 0 Å². The molecule has 1 amide bonds. The van der Waals surface area contributed by atoms with Gasteiger partial charge in [0.15, 0.2) is 0 Å². The lowest BCUT2D eigenvalue weighted by atomic mass is 10.2. The summed E-state index contributed by atoms with van der Waals surface area (Å²) in [6, 6.07) is 6.21. The number of nitrogens with one attached hydrogen (secondary N) is 1. The highest BCUT2D eigenvalue weighted by atomic mass is 32.2. The van der Waals surface area contributed by atoms with E-state index < -0.39 is 0 Å². The van der Waals surface area contributed by atoms with Crippen LogP contribution < -0.4 is 5.32 Å². The van der Waals surface area contributed by atoms with Crippen molar-refractivity contribution in [2.24, 2.45) is 0 Å². The second kappa shape index (κ2) is 4.05. The standard InChI is InChI=1S/C11H13NOS/c1-2-5-14-9-4-3-8-6-11(13)12-10(8)7-9/h3-4,7H,2,5-6H2,1H3,(H,12,13). The zero-order valence-corrected chi connectivity index (χ0v) is 8.99. The average Bonchev–Trinajstić information content (AvgIpc) is 2.54.